The molecule has 30 heavy (non-hydrogen) atoms. The third-order valence-corrected chi connectivity index (χ3v) is 5.15. The fraction of sp³-hybridized carbons (Fsp3) is 0.476. The van der Waals surface area contributed by atoms with E-state index in [9.17, 15) is 14.7 Å². The van der Waals surface area contributed by atoms with Crippen molar-refractivity contribution in [1.82, 2.24) is 15.2 Å². The molecule has 1 aromatic heterocycles. The van der Waals surface area contributed by atoms with Crippen molar-refractivity contribution in [3.05, 3.63) is 30.8 Å². The van der Waals surface area contributed by atoms with Gasteiger partial charge in [-0.1, -0.05) is 13.8 Å². The fourth-order valence-electron chi connectivity index (χ4n) is 3.76. The zero-order valence-corrected chi connectivity index (χ0v) is 17.4. The third kappa shape index (κ3) is 4.91. The molecule has 1 fully saturated rings. The summed E-state index contributed by atoms with van der Waals surface area (Å²) in [6.07, 6.45) is 2.95. The highest BCUT2D eigenvalue weighted by atomic mass is 16.5. The Morgan fingerprint density at radius 3 is 2.80 bits per heavy atom. The van der Waals surface area contributed by atoms with E-state index in [1.165, 1.54) is 18.4 Å². The van der Waals surface area contributed by atoms with Crippen molar-refractivity contribution in [2.24, 2.45) is 5.92 Å². The maximum absolute atomic E-state index is 13.2. The van der Waals surface area contributed by atoms with Crippen LogP contribution in [0.15, 0.2) is 35.2 Å². The van der Waals surface area contributed by atoms with E-state index in [0.717, 1.165) is 6.54 Å². The Morgan fingerprint density at radius 1 is 1.43 bits per heavy atom. The first kappa shape index (κ1) is 21.6. The first-order valence-electron chi connectivity index (χ1n) is 10.0. The van der Waals surface area contributed by atoms with Gasteiger partial charge in [0.05, 0.1) is 18.9 Å². The number of rotatable bonds is 8. The molecule has 3 N–H and O–H groups in total. The number of ether oxygens (including phenoxy) is 1. The molecule has 0 radical (unpaired) electrons. The summed E-state index contributed by atoms with van der Waals surface area (Å²) >= 11 is 0. The van der Waals surface area contributed by atoms with Crippen molar-refractivity contribution in [2.45, 2.75) is 38.8 Å². The number of carboxylic acid groups (broad SMARTS) is 1. The lowest BCUT2D eigenvalue weighted by Crippen LogP contribution is -2.53. The summed E-state index contributed by atoms with van der Waals surface area (Å²) in [5.74, 6) is 0.862. The van der Waals surface area contributed by atoms with Crippen molar-refractivity contribution >= 4 is 17.7 Å². The van der Waals surface area contributed by atoms with E-state index < -0.39 is 12.1 Å². The summed E-state index contributed by atoms with van der Waals surface area (Å²) < 4.78 is 10.8. The Hall–Kier alpha value is -3.07. The van der Waals surface area contributed by atoms with Crippen molar-refractivity contribution in [3.63, 3.8) is 0 Å². The summed E-state index contributed by atoms with van der Waals surface area (Å²) in [4.78, 5) is 30.4. The zero-order valence-electron chi connectivity index (χ0n) is 17.4. The molecule has 2 amide bonds. The van der Waals surface area contributed by atoms with Gasteiger partial charge in [-0.3, -0.25) is 9.69 Å². The van der Waals surface area contributed by atoms with Gasteiger partial charge in [0.2, 0.25) is 5.91 Å². The molecule has 162 valence electrons. The Morgan fingerprint density at radius 2 is 2.23 bits per heavy atom. The van der Waals surface area contributed by atoms with Gasteiger partial charge >= 0.3 is 6.09 Å². The van der Waals surface area contributed by atoms with Crippen LogP contribution in [0.3, 0.4) is 0 Å². The molecule has 0 saturated carbocycles. The lowest BCUT2D eigenvalue weighted by atomic mass is 9.99. The molecular formula is C21H28N4O5. The van der Waals surface area contributed by atoms with Gasteiger partial charge in [0.25, 0.3) is 0 Å². The molecule has 2 heterocycles. The summed E-state index contributed by atoms with van der Waals surface area (Å²) in [6.45, 7) is 5.24. The number of carbonyl (C=O) groups excluding carboxylic acids is 1. The molecule has 0 aliphatic carbocycles. The Kier molecular flexibility index (Phi) is 6.94. The number of carbonyl (C=O) groups is 2. The normalized spacial score (nSPS) is 17.0. The number of anilines is 1. The van der Waals surface area contributed by atoms with Crippen LogP contribution in [0.5, 0.6) is 5.75 Å². The largest absolute Gasteiger partial charge is 0.496 e. The Labute approximate surface area is 175 Å². The predicted molar refractivity (Wildman–Crippen MR) is 112 cm³/mol. The lowest BCUT2D eigenvalue weighted by molar-refractivity contribution is -0.122. The van der Waals surface area contributed by atoms with Gasteiger partial charge in [0.1, 0.15) is 11.8 Å². The lowest BCUT2D eigenvalue weighted by Gasteiger charge is -2.34. The Bertz CT molecular complexity index is 862. The number of nitrogens with one attached hydrogen (secondary N) is 2. The standard InChI is InChI=1S/C21H28N4O5/c1-13(2)8-17(25(21(27)28)15-6-7-22-10-15)20(26)24-14-4-5-16(18(9-14)29-3)19-11-23-12-30-19/h4-5,9,11-13,15,17,22H,6-8,10H2,1-3H3,(H,24,26)(H,27,28). The van der Waals surface area contributed by atoms with Gasteiger partial charge in [-0.15, -0.1) is 0 Å². The van der Waals surface area contributed by atoms with Crippen molar-refractivity contribution in [1.29, 1.82) is 0 Å². The van der Waals surface area contributed by atoms with Crippen LogP contribution in [0.1, 0.15) is 26.7 Å². The van der Waals surface area contributed by atoms with Crippen molar-refractivity contribution in [2.75, 3.05) is 25.5 Å². The average molecular weight is 416 g/mol. The first-order valence-corrected chi connectivity index (χ1v) is 10.0. The number of benzene rings is 1. The highest BCUT2D eigenvalue weighted by Crippen LogP contribution is 2.32. The molecule has 0 bridgehead atoms. The van der Waals surface area contributed by atoms with Crippen LogP contribution in [0.2, 0.25) is 0 Å². The molecule has 2 aromatic rings. The molecule has 0 spiro atoms. The van der Waals surface area contributed by atoms with Gasteiger partial charge in [-0.2, -0.15) is 0 Å². The summed E-state index contributed by atoms with van der Waals surface area (Å²) in [5, 5.41) is 15.9. The number of hydrogen-bond acceptors (Lipinski definition) is 6. The molecule has 9 nitrogen and oxygen atoms in total. The van der Waals surface area contributed by atoms with Crippen LogP contribution in [0.4, 0.5) is 10.5 Å². The molecular weight excluding hydrogens is 388 g/mol. The quantitative estimate of drug-likeness (QED) is 0.605. The SMILES string of the molecule is COc1cc(NC(=O)C(CC(C)C)N(C(=O)O)C2CCNC2)ccc1-c1cnco1. The minimum atomic E-state index is -1.08. The predicted octanol–water partition coefficient (Wildman–Crippen LogP) is 3.05. The van der Waals surface area contributed by atoms with Crippen LogP contribution in [-0.4, -0.2) is 59.3 Å². The summed E-state index contributed by atoms with van der Waals surface area (Å²) in [7, 11) is 1.53. The van der Waals surface area contributed by atoms with Gasteiger partial charge in [-0.05, 0) is 37.4 Å². The van der Waals surface area contributed by atoms with E-state index in [0.29, 0.717) is 42.1 Å². The molecule has 2 unspecified atom stereocenters. The third-order valence-electron chi connectivity index (χ3n) is 5.15. The number of hydrogen-bond donors (Lipinski definition) is 3. The molecule has 3 rings (SSSR count). The Balaban J connectivity index is 1.83. The minimum Gasteiger partial charge on any atom is -0.496 e. The maximum atomic E-state index is 13.2. The number of methoxy groups -OCH3 is 1. The van der Waals surface area contributed by atoms with Crippen LogP contribution >= 0.6 is 0 Å². The van der Waals surface area contributed by atoms with E-state index in [-0.39, 0.29) is 17.9 Å². The van der Waals surface area contributed by atoms with Crippen LogP contribution in [-0.2, 0) is 4.79 Å². The second-order valence-electron chi connectivity index (χ2n) is 7.75. The molecule has 1 saturated heterocycles. The fourth-order valence-corrected chi connectivity index (χ4v) is 3.76. The van der Waals surface area contributed by atoms with Gasteiger partial charge in [-0.25, -0.2) is 9.78 Å². The van der Waals surface area contributed by atoms with Crippen molar-refractivity contribution in [3.8, 4) is 17.1 Å². The van der Waals surface area contributed by atoms with E-state index in [2.05, 4.69) is 15.6 Å². The van der Waals surface area contributed by atoms with Gasteiger partial charge in [0.15, 0.2) is 12.2 Å². The highest BCUT2D eigenvalue weighted by Gasteiger charge is 2.37. The van der Waals surface area contributed by atoms with Crippen LogP contribution in [0.25, 0.3) is 11.3 Å². The molecule has 2 atom stereocenters. The number of oxazole rings is 1. The first-order chi connectivity index (χ1) is 14.4. The maximum Gasteiger partial charge on any atom is 0.408 e. The van der Waals surface area contributed by atoms with Crippen molar-refractivity contribution < 1.29 is 23.8 Å². The number of nitrogens with zero attached hydrogens (tertiary/aromatic N) is 2. The average Bonchev–Trinajstić information content (AvgIpc) is 3.41. The smallest absolute Gasteiger partial charge is 0.408 e. The summed E-state index contributed by atoms with van der Waals surface area (Å²) in [6, 6.07) is 4.17. The molecule has 9 heteroatoms. The topological polar surface area (TPSA) is 117 Å². The highest BCUT2D eigenvalue weighted by molar-refractivity contribution is 5.97. The number of amides is 2. The molecule has 1 aromatic carbocycles. The van der Waals surface area contributed by atoms with Gasteiger partial charge in [0, 0.05) is 24.3 Å². The van der Waals surface area contributed by atoms with Gasteiger partial charge < -0.3 is 24.9 Å². The van der Waals surface area contributed by atoms with E-state index >= 15 is 0 Å². The zero-order chi connectivity index (χ0) is 21.7. The molecule has 1 aliphatic heterocycles. The molecule has 1 aliphatic rings. The monoisotopic (exact) mass is 416 g/mol. The second-order valence-corrected chi connectivity index (χ2v) is 7.75. The van der Waals surface area contributed by atoms with Crippen LogP contribution < -0.4 is 15.4 Å². The minimum absolute atomic E-state index is 0.153. The van der Waals surface area contributed by atoms with E-state index in [1.54, 1.807) is 24.4 Å². The van der Waals surface area contributed by atoms with E-state index in [1.807, 2.05) is 13.8 Å². The van der Waals surface area contributed by atoms with E-state index in [4.69, 9.17) is 9.15 Å². The summed E-state index contributed by atoms with van der Waals surface area (Å²) in [5.41, 5.74) is 1.22. The second kappa shape index (κ2) is 9.62. The van der Waals surface area contributed by atoms with Crippen LogP contribution in [0, 0.1) is 5.92 Å². The number of aromatic nitrogens is 1.